The summed E-state index contributed by atoms with van der Waals surface area (Å²) in [6.07, 6.45) is 4.77. The molecule has 0 aliphatic heterocycles. The van der Waals surface area contributed by atoms with E-state index in [0.29, 0.717) is 6.42 Å². The van der Waals surface area contributed by atoms with Gasteiger partial charge in [0.2, 0.25) is 0 Å². The average Bonchev–Trinajstić information content (AvgIpc) is 2.21. The second-order valence-electron chi connectivity index (χ2n) is 3.84. The molecule has 5 nitrogen and oxygen atoms in total. The highest BCUT2D eigenvalue weighted by Crippen LogP contribution is 2.24. The Morgan fingerprint density at radius 3 is 2.93 bits per heavy atom. The molecule has 84 valence electrons. The maximum atomic E-state index is 11.3. The van der Waals surface area contributed by atoms with E-state index in [-0.39, 0.29) is 18.1 Å². The third kappa shape index (κ3) is 3.80. The Morgan fingerprint density at radius 1 is 1.53 bits per heavy atom. The van der Waals surface area contributed by atoms with Crippen LogP contribution in [-0.2, 0) is 9.53 Å². The van der Waals surface area contributed by atoms with Gasteiger partial charge in [-0.2, -0.15) is 0 Å². The summed E-state index contributed by atoms with van der Waals surface area (Å²) in [6, 6.07) is -0.162. The van der Waals surface area contributed by atoms with Crippen LogP contribution in [0.5, 0.6) is 0 Å². The van der Waals surface area contributed by atoms with E-state index < -0.39 is 0 Å². The number of rotatable bonds is 4. The third-order valence-electron chi connectivity index (χ3n) is 2.60. The summed E-state index contributed by atoms with van der Waals surface area (Å²) >= 11 is 0. The van der Waals surface area contributed by atoms with Crippen LogP contribution >= 0.6 is 0 Å². The first-order chi connectivity index (χ1) is 7.27. The molecule has 0 heterocycles. The fourth-order valence-corrected chi connectivity index (χ4v) is 1.85. The lowest BCUT2D eigenvalue weighted by atomic mass is 9.93. The molecule has 1 saturated carbocycles. The second kappa shape index (κ2) is 6.30. The first-order valence-electron chi connectivity index (χ1n) is 5.51. The Morgan fingerprint density at radius 2 is 2.27 bits per heavy atom. The SMILES string of the molecule is CCCC(=O)O[C@@H]1CCCC[C@H]1N=[N+]=[N-]. The Hall–Kier alpha value is -1.22. The monoisotopic (exact) mass is 211 g/mol. The van der Waals surface area contributed by atoms with Crippen LogP contribution in [0.2, 0.25) is 0 Å². The average molecular weight is 211 g/mol. The Bertz CT molecular complexity index is 261. The van der Waals surface area contributed by atoms with Crippen LogP contribution in [0.4, 0.5) is 0 Å². The van der Waals surface area contributed by atoms with Crippen molar-refractivity contribution in [3.05, 3.63) is 10.4 Å². The van der Waals surface area contributed by atoms with Gasteiger partial charge in [-0.05, 0) is 31.2 Å². The largest absolute Gasteiger partial charge is 0.462 e. The molecule has 5 heteroatoms. The molecule has 1 fully saturated rings. The van der Waals surface area contributed by atoms with E-state index in [1.165, 1.54) is 0 Å². The van der Waals surface area contributed by atoms with Gasteiger partial charge in [0, 0.05) is 11.3 Å². The molecule has 0 bridgehead atoms. The molecule has 1 aliphatic carbocycles. The lowest BCUT2D eigenvalue weighted by Crippen LogP contribution is -2.32. The first-order valence-corrected chi connectivity index (χ1v) is 5.51. The van der Waals surface area contributed by atoms with E-state index in [9.17, 15) is 4.79 Å². The van der Waals surface area contributed by atoms with E-state index in [4.69, 9.17) is 10.3 Å². The highest BCUT2D eigenvalue weighted by Gasteiger charge is 2.27. The van der Waals surface area contributed by atoms with Crippen molar-refractivity contribution in [3.8, 4) is 0 Å². The number of ether oxygens (including phenoxy) is 1. The lowest BCUT2D eigenvalue weighted by Gasteiger charge is -2.27. The summed E-state index contributed by atoms with van der Waals surface area (Å²) in [7, 11) is 0. The number of hydrogen-bond donors (Lipinski definition) is 0. The zero-order valence-corrected chi connectivity index (χ0v) is 9.06. The van der Waals surface area contributed by atoms with Gasteiger partial charge >= 0.3 is 5.97 Å². The molecular weight excluding hydrogens is 194 g/mol. The molecule has 0 unspecified atom stereocenters. The number of azide groups is 1. The van der Waals surface area contributed by atoms with E-state index >= 15 is 0 Å². The van der Waals surface area contributed by atoms with E-state index in [1.54, 1.807) is 0 Å². The molecule has 15 heavy (non-hydrogen) atoms. The van der Waals surface area contributed by atoms with Gasteiger partial charge in [0.05, 0.1) is 6.04 Å². The molecule has 1 aliphatic rings. The minimum Gasteiger partial charge on any atom is -0.462 e. The molecule has 0 N–H and O–H groups in total. The lowest BCUT2D eigenvalue weighted by molar-refractivity contribution is -0.151. The smallest absolute Gasteiger partial charge is 0.306 e. The van der Waals surface area contributed by atoms with Gasteiger partial charge in [-0.15, -0.1) is 0 Å². The van der Waals surface area contributed by atoms with Crippen molar-refractivity contribution in [1.82, 2.24) is 0 Å². The molecule has 0 radical (unpaired) electrons. The Labute approximate surface area is 89.4 Å². The van der Waals surface area contributed by atoms with Crippen LogP contribution in [0.1, 0.15) is 45.4 Å². The number of nitrogens with zero attached hydrogens (tertiary/aromatic N) is 3. The van der Waals surface area contributed by atoms with Gasteiger partial charge in [-0.25, -0.2) is 0 Å². The summed E-state index contributed by atoms with van der Waals surface area (Å²) < 4.78 is 5.29. The van der Waals surface area contributed by atoms with Gasteiger partial charge in [0.25, 0.3) is 0 Å². The number of hydrogen-bond acceptors (Lipinski definition) is 3. The van der Waals surface area contributed by atoms with Crippen molar-refractivity contribution < 1.29 is 9.53 Å². The minimum atomic E-state index is -0.200. The predicted molar refractivity (Wildman–Crippen MR) is 56.2 cm³/mol. The Balaban J connectivity index is 2.48. The predicted octanol–water partition coefficient (Wildman–Crippen LogP) is 2.95. The summed E-state index contributed by atoms with van der Waals surface area (Å²) in [4.78, 5) is 14.1. The number of esters is 1. The molecule has 0 aromatic carbocycles. The van der Waals surface area contributed by atoms with Crippen LogP contribution in [0.25, 0.3) is 10.4 Å². The summed E-state index contributed by atoms with van der Waals surface area (Å²) in [6.45, 7) is 1.94. The fourth-order valence-electron chi connectivity index (χ4n) is 1.85. The Kier molecular flexibility index (Phi) is 4.98. The maximum absolute atomic E-state index is 11.3. The molecule has 1 rings (SSSR count). The molecule has 0 aromatic heterocycles. The van der Waals surface area contributed by atoms with Gasteiger partial charge in [0.1, 0.15) is 6.10 Å². The van der Waals surface area contributed by atoms with E-state index in [0.717, 1.165) is 32.1 Å². The van der Waals surface area contributed by atoms with Gasteiger partial charge in [0.15, 0.2) is 0 Å². The van der Waals surface area contributed by atoms with Crippen LogP contribution < -0.4 is 0 Å². The number of carbonyl (C=O) groups excluding carboxylic acids is 1. The van der Waals surface area contributed by atoms with Gasteiger partial charge < -0.3 is 4.74 Å². The normalized spacial score (nSPS) is 25.4. The zero-order valence-electron chi connectivity index (χ0n) is 9.06. The number of carbonyl (C=O) groups is 1. The molecule has 0 aromatic rings. The van der Waals surface area contributed by atoms with Crippen molar-refractivity contribution in [1.29, 1.82) is 0 Å². The van der Waals surface area contributed by atoms with Crippen LogP contribution in [-0.4, -0.2) is 18.1 Å². The molecule has 0 spiro atoms. The van der Waals surface area contributed by atoms with E-state index in [2.05, 4.69) is 10.0 Å². The van der Waals surface area contributed by atoms with Crippen LogP contribution in [0.3, 0.4) is 0 Å². The topological polar surface area (TPSA) is 75.1 Å². The van der Waals surface area contributed by atoms with Gasteiger partial charge in [-0.3, -0.25) is 4.79 Å². The van der Waals surface area contributed by atoms with Crippen molar-refractivity contribution >= 4 is 5.97 Å². The summed E-state index contributed by atoms with van der Waals surface area (Å²) in [5.74, 6) is -0.178. The van der Waals surface area contributed by atoms with E-state index in [1.807, 2.05) is 6.92 Å². The zero-order chi connectivity index (χ0) is 11.1. The highest BCUT2D eigenvalue weighted by atomic mass is 16.5. The minimum absolute atomic E-state index is 0.162. The summed E-state index contributed by atoms with van der Waals surface area (Å²) in [5, 5.41) is 3.68. The van der Waals surface area contributed by atoms with Crippen LogP contribution in [0, 0.1) is 0 Å². The fraction of sp³-hybridized carbons (Fsp3) is 0.900. The molecule has 2 atom stereocenters. The van der Waals surface area contributed by atoms with Crippen molar-refractivity contribution in [2.45, 2.75) is 57.6 Å². The molecule has 0 amide bonds. The van der Waals surface area contributed by atoms with Crippen LogP contribution in [0.15, 0.2) is 5.11 Å². The van der Waals surface area contributed by atoms with Gasteiger partial charge in [-0.1, -0.05) is 18.5 Å². The maximum Gasteiger partial charge on any atom is 0.306 e. The standard InChI is InChI=1S/C10H17N3O2/c1-2-5-10(14)15-9-7-4-3-6-8(9)12-13-11/h8-9H,2-7H2,1H3/t8-,9-/m1/s1. The van der Waals surface area contributed by atoms with Crippen molar-refractivity contribution in [2.24, 2.45) is 5.11 Å². The second-order valence-corrected chi connectivity index (χ2v) is 3.84. The summed E-state index contributed by atoms with van der Waals surface area (Å²) in [5.41, 5.74) is 8.39. The van der Waals surface area contributed by atoms with Crippen molar-refractivity contribution in [3.63, 3.8) is 0 Å². The molecular formula is C10H17N3O2. The highest BCUT2D eigenvalue weighted by molar-refractivity contribution is 5.69. The molecule has 0 saturated heterocycles. The quantitative estimate of drug-likeness (QED) is 0.310. The first kappa shape index (κ1) is 11.9. The third-order valence-corrected chi connectivity index (χ3v) is 2.60. The van der Waals surface area contributed by atoms with Crippen molar-refractivity contribution in [2.75, 3.05) is 0 Å².